The lowest BCUT2D eigenvalue weighted by atomic mass is 9.92. The average Bonchev–Trinajstić information content (AvgIpc) is 3.54. The Morgan fingerprint density at radius 3 is 2.61 bits per heavy atom. The molecule has 2 aliphatic heterocycles. The molecule has 0 aliphatic carbocycles. The third kappa shape index (κ3) is 6.98. The van der Waals surface area contributed by atoms with Crippen molar-refractivity contribution in [3.63, 3.8) is 0 Å². The Labute approximate surface area is 278 Å². The van der Waals surface area contributed by atoms with Gasteiger partial charge in [-0.25, -0.2) is 0 Å². The Kier molecular flexibility index (Phi) is 9.75. The van der Waals surface area contributed by atoms with Gasteiger partial charge in [-0.2, -0.15) is 0 Å². The lowest BCUT2D eigenvalue weighted by molar-refractivity contribution is -0.133. The highest BCUT2D eigenvalue weighted by Crippen LogP contribution is 2.40. The predicted octanol–water partition coefficient (Wildman–Crippen LogP) is 6.43. The van der Waals surface area contributed by atoms with E-state index in [1.165, 1.54) is 10.4 Å². The molecule has 5 heterocycles. The van der Waals surface area contributed by atoms with Crippen molar-refractivity contribution >= 4 is 46.5 Å². The molecule has 238 valence electrons. The fourth-order valence-corrected chi connectivity index (χ4v) is 7.55. The van der Waals surface area contributed by atoms with Gasteiger partial charge in [0.05, 0.1) is 12.1 Å². The minimum Gasteiger partial charge on any atom is -0.353 e. The van der Waals surface area contributed by atoms with E-state index in [4.69, 9.17) is 16.6 Å². The lowest BCUT2D eigenvalue weighted by Crippen LogP contribution is -2.39. The summed E-state index contributed by atoms with van der Waals surface area (Å²) in [5, 5.41) is 13.6. The number of halogens is 1. The maximum atomic E-state index is 13.7. The van der Waals surface area contributed by atoms with E-state index in [1.54, 1.807) is 35.9 Å². The Balaban J connectivity index is 1.08. The monoisotopic (exact) mass is 655 g/mol. The van der Waals surface area contributed by atoms with Crippen LogP contribution < -0.4 is 5.32 Å². The number of aryl methyl sites for hydroxylation is 2. The molecule has 2 aliphatic rings. The number of carbonyl (C=O) groups is 2. The molecule has 1 saturated heterocycles. The topological polar surface area (TPSA) is 105 Å². The third-order valence-electron chi connectivity index (χ3n) is 8.89. The first-order valence-electron chi connectivity index (χ1n) is 15.8. The number of likely N-dealkylation sites (tertiary alicyclic amines) is 1. The van der Waals surface area contributed by atoms with E-state index in [0.29, 0.717) is 23.3 Å². The van der Waals surface area contributed by atoms with E-state index in [1.807, 2.05) is 48.2 Å². The van der Waals surface area contributed by atoms with E-state index in [9.17, 15) is 9.59 Å². The molecule has 1 fully saturated rings. The van der Waals surface area contributed by atoms with Gasteiger partial charge in [0, 0.05) is 59.1 Å². The summed E-state index contributed by atoms with van der Waals surface area (Å²) in [7, 11) is 0. The minimum absolute atomic E-state index is 0.0840. The maximum absolute atomic E-state index is 13.7. The predicted molar refractivity (Wildman–Crippen MR) is 183 cm³/mol. The van der Waals surface area contributed by atoms with Crippen LogP contribution in [0.4, 0.5) is 0 Å². The molecule has 0 radical (unpaired) electrons. The number of hydrogen-bond acceptors (Lipinski definition) is 7. The van der Waals surface area contributed by atoms with Crippen molar-refractivity contribution in [1.82, 2.24) is 30.0 Å². The van der Waals surface area contributed by atoms with Gasteiger partial charge in [0.15, 0.2) is 5.82 Å². The van der Waals surface area contributed by atoms with Crippen molar-refractivity contribution < 1.29 is 9.59 Å². The van der Waals surface area contributed by atoms with Crippen LogP contribution in [0.2, 0.25) is 5.02 Å². The molecule has 46 heavy (non-hydrogen) atoms. The second-order valence-electron chi connectivity index (χ2n) is 12.0. The number of thiophene rings is 1. The van der Waals surface area contributed by atoms with Gasteiger partial charge in [-0.1, -0.05) is 29.8 Å². The highest BCUT2D eigenvalue weighted by molar-refractivity contribution is 7.15. The number of aliphatic imine (C=N–C) groups is 1. The molecule has 6 rings (SSSR count). The molecule has 1 aromatic carbocycles. The number of piperidine rings is 1. The van der Waals surface area contributed by atoms with Crippen LogP contribution in [0.5, 0.6) is 0 Å². The van der Waals surface area contributed by atoms with Gasteiger partial charge in [0.25, 0.3) is 0 Å². The number of nitrogens with zero attached hydrogens (tertiary/aromatic N) is 6. The normalized spacial score (nSPS) is 16.6. The summed E-state index contributed by atoms with van der Waals surface area (Å²) >= 11 is 7.94. The van der Waals surface area contributed by atoms with Crippen molar-refractivity contribution in [1.29, 1.82) is 0 Å². The SMILES string of the molecule is Cc1sc2c(c1C)C(c1ccc(Cl)cc1)=N[C@@H](CC(=O)N1CCC(CCCNC(=O)/C=C/c3cccnc3)CC1)c1nnc(C)n1-2. The molecule has 0 saturated carbocycles. The summed E-state index contributed by atoms with van der Waals surface area (Å²) in [6.45, 7) is 8.28. The van der Waals surface area contributed by atoms with Crippen LogP contribution in [0, 0.1) is 26.7 Å². The Morgan fingerprint density at radius 1 is 1.09 bits per heavy atom. The van der Waals surface area contributed by atoms with Gasteiger partial charge in [0.1, 0.15) is 16.9 Å². The first-order valence-corrected chi connectivity index (χ1v) is 17.0. The highest BCUT2D eigenvalue weighted by Gasteiger charge is 2.34. The molecule has 9 nitrogen and oxygen atoms in total. The fourth-order valence-electron chi connectivity index (χ4n) is 6.21. The van der Waals surface area contributed by atoms with Gasteiger partial charge in [0.2, 0.25) is 11.8 Å². The van der Waals surface area contributed by atoms with Gasteiger partial charge in [-0.15, -0.1) is 21.5 Å². The summed E-state index contributed by atoms with van der Waals surface area (Å²) in [5.41, 5.74) is 4.94. The maximum Gasteiger partial charge on any atom is 0.243 e. The van der Waals surface area contributed by atoms with Gasteiger partial charge in [-0.05, 0) is 87.8 Å². The summed E-state index contributed by atoms with van der Waals surface area (Å²) in [5.74, 6) is 2.00. The summed E-state index contributed by atoms with van der Waals surface area (Å²) in [4.78, 5) is 38.4. The number of amides is 2. The zero-order valence-corrected chi connectivity index (χ0v) is 27.9. The number of rotatable bonds is 9. The van der Waals surface area contributed by atoms with Crippen LogP contribution in [0.25, 0.3) is 11.1 Å². The van der Waals surface area contributed by atoms with Crippen LogP contribution in [0.3, 0.4) is 0 Å². The second-order valence-corrected chi connectivity index (χ2v) is 13.6. The summed E-state index contributed by atoms with van der Waals surface area (Å²) in [6.07, 6.45) is 10.8. The number of benzene rings is 1. The van der Waals surface area contributed by atoms with Gasteiger partial charge in [-0.3, -0.25) is 24.1 Å². The van der Waals surface area contributed by atoms with Gasteiger partial charge < -0.3 is 10.2 Å². The molecule has 4 aromatic rings. The standard InChI is InChI=1S/C35H38ClN7O2S/c1-22-23(2)46-35-32(22)33(27-9-11-28(36)12-10-27)39-29(34-41-40-24(3)43(34)35)20-31(45)42-18-14-25(15-19-42)6-5-17-38-30(44)13-8-26-7-4-16-37-21-26/h4,7-13,16,21,25,29H,5-6,14-15,17-20H2,1-3H3,(H,38,44)/b13-8+/t29-/m0/s1. The van der Waals surface area contributed by atoms with E-state index in [0.717, 1.165) is 72.0 Å². The lowest BCUT2D eigenvalue weighted by Gasteiger charge is -2.32. The van der Waals surface area contributed by atoms with E-state index in [2.05, 4.69) is 38.9 Å². The second kappa shape index (κ2) is 14.1. The quantitative estimate of drug-likeness (QED) is 0.165. The number of fused-ring (bicyclic) bond motifs is 3. The van der Waals surface area contributed by atoms with Crippen molar-refractivity contribution in [2.45, 2.75) is 58.9 Å². The largest absolute Gasteiger partial charge is 0.353 e. The highest BCUT2D eigenvalue weighted by atomic mass is 35.5. The first-order chi connectivity index (χ1) is 22.3. The number of nitrogens with one attached hydrogen (secondary N) is 1. The first kappa shape index (κ1) is 31.8. The number of aromatic nitrogens is 4. The van der Waals surface area contributed by atoms with Crippen LogP contribution in [0.1, 0.15) is 76.9 Å². The van der Waals surface area contributed by atoms with Crippen LogP contribution in [0.15, 0.2) is 59.9 Å². The fraction of sp³-hybridized carbons (Fsp3) is 0.371. The van der Waals surface area contributed by atoms with E-state index < -0.39 is 6.04 Å². The molecular formula is C35H38ClN7O2S. The number of carbonyl (C=O) groups excluding carboxylic acids is 2. The molecule has 0 unspecified atom stereocenters. The van der Waals surface area contributed by atoms with E-state index >= 15 is 0 Å². The number of hydrogen-bond donors (Lipinski definition) is 1. The van der Waals surface area contributed by atoms with Crippen molar-refractivity contribution in [3.05, 3.63) is 98.7 Å². The molecule has 0 bridgehead atoms. The Bertz CT molecular complexity index is 1770. The van der Waals surface area contributed by atoms with Crippen LogP contribution in [-0.2, 0) is 9.59 Å². The van der Waals surface area contributed by atoms with Crippen molar-refractivity contribution in [2.24, 2.45) is 10.9 Å². The zero-order valence-electron chi connectivity index (χ0n) is 26.4. The molecule has 0 spiro atoms. The number of pyridine rings is 1. The third-order valence-corrected chi connectivity index (χ3v) is 10.3. The molecule has 11 heteroatoms. The van der Waals surface area contributed by atoms with Crippen molar-refractivity contribution in [2.75, 3.05) is 19.6 Å². The Morgan fingerprint density at radius 2 is 1.87 bits per heavy atom. The van der Waals surface area contributed by atoms with Crippen LogP contribution in [-0.4, -0.2) is 61.8 Å². The molecular weight excluding hydrogens is 618 g/mol. The minimum atomic E-state index is -0.466. The zero-order chi connectivity index (χ0) is 32.2. The molecule has 1 atom stereocenters. The molecule has 1 N–H and O–H groups in total. The van der Waals surface area contributed by atoms with E-state index in [-0.39, 0.29) is 18.2 Å². The molecule has 3 aromatic heterocycles. The van der Waals surface area contributed by atoms with Crippen LogP contribution >= 0.6 is 22.9 Å². The smallest absolute Gasteiger partial charge is 0.243 e. The summed E-state index contributed by atoms with van der Waals surface area (Å²) in [6, 6.07) is 11.0. The van der Waals surface area contributed by atoms with Gasteiger partial charge >= 0.3 is 0 Å². The van der Waals surface area contributed by atoms with Crippen molar-refractivity contribution in [3.8, 4) is 5.00 Å². The molecule has 2 amide bonds. The summed E-state index contributed by atoms with van der Waals surface area (Å²) < 4.78 is 2.09. The Hall–Kier alpha value is -4.15. The average molecular weight is 656 g/mol.